The van der Waals surface area contributed by atoms with Gasteiger partial charge in [-0.3, -0.25) is 4.79 Å². The highest BCUT2D eigenvalue weighted by molar-refractivity contribution is 5.91. The van der Waals surface area contributed by atoms with E-state index in [4.69, 9.17) is 5.73 Å². The number of aromatic nitrogens is 1. The van der Waals surface area contributed by atoms with Crippen LogP contribution in [0.1, 0.15) is 65.7 Å². The van der Waals surface area contributed by atoms with Crippen LogP contribution in [-0.4, -0.2) is 23.5 Å². The number of hydrogen-bond donors (Lipinski definition) is 2. The summed E-state index contributed by atoms with van der Waals surface area (Å²) in [6.45, 7) is 1.91. The minimum Gasteiger partial charge on any atom is -0.405 e. The third-order valence-electron chi connectivity index (χ3n) is 5.21. The lowest BCUT2D eigenvalue weighted by Gasteiger charge is -2.30. The lowest BCUT2D eigenvalue weighted by Crippen LogP contribution is -2.28. The molecule has 1 aliphatic rings. The number of nitrogens with zero attached hydrogens (tertiary/aromatic N) is 1. The number of ether oxygens (including phenoxy) is 1. The van der Waals surface area contributed by atoms with E-state index in [-0.39, 0.29) is 29.9 Å². The highest BCUT2D eigenvalue weighted by Gasteiger charge is 2.35. The highest BCUT2D eigenvalue weighted by atomic mass is 19.4. The number of amides is 1. The molecular weight excluding hydrogens is 387 g/mol. The number of aryl methyl sites for hydroxylation is 1. The molecule has 0 spiro atoms. The molecule has 29 heavy (non-hydrogen) atoms. The quantitative estimate of drug-likeness (QED) is 0.748. The molecule has 1 aromatic heterocycles. The van der Waals surface area contributed by atoms with Crippen molar-refractivity contribution < 1.29 is 27.2 Å². The van der Waals surface area contributed by atoms with Crippen LogP contribution in [0, 0.1) is 0 Å². The van der Waals surface area contributed by atoms with Gasteiger partial charge >= 0.3 is 6.36 Å². The van der Waals surface area contributed by atoms with Gasteiger partial charge in [-0.15, -0.1) is 13.2 Å². The minimum atomic E-state index is -4.80. The van der Waals surface area contributed by atoms with Crippen LogP contribution in [0.3, 0.4) is 0 Å². The molecule has 0 aliphatic heterocycles. The van der Waals surface area contributed by atoms with E-state index in [1.807, 2.05) is 13.0 Å². The fourth-order valence-corrected chi connectivity index (χ4v) is 3.77. The standard InChI is InChI=1S/C20H24F3N3O3/c1-2-12-9-14(11-25-19(27)16-7-8-28-26-16)18(13-3-5-15(24)6-4-13)17(10-12)29-20(21,22)23/h7-10,13,15H,2-6,11,24H2,1H3,(H,25,27). The molecule has 0 radical (unpaired) electrons. The molecule has 1 fully saturated rings. The van der Waals surface area contributed by atoms with Crippen molar-refractivity contribution in [2.75, 3.05) is 0 Å². The zero-order valence-electron chi connectivity index (χ0n) is 16.1. The van der Waals surface area contributed by atoms with Gasteiger partial charge in [0.1, 0.15) is 12.0 Å². The first-order valence-electron chi connectivity index (χ1n) is 9.62. The normalized spacial score (nSPS) is 19.8. The molecule has 158 valence electrons. The fourth-order valence-electron chi connectivity index (χ4n) is 3.77. The second-order valence-electron chi connectivity index (χ2n) is 7.25. The molecule has 9 heteroatoms. The molecule has 1 saturated carbocycles. The molecule has 3 N–H and O–H groups in total. The Hall–Kier alpha value is -2.55. The van der Waals surface area contributed by atoms with Crippen LogP contribution in [0.2, 0.25) is 0 Å². The summed E-state index contributed by atoms with van der Waals surface area (Å²) in [5.74, 6) is -0.768. The Kier molecular flexibility index (Phi) is 6.46. The Bertz CT molecular complexity index is 829. The molecule has 3 rings (SSSR count). The van der Waals surface area contributed by atoms with Crippen molar-refractivity contribution in [1.82, 2.24) is 10.5 Å². The zero-order chi connectivity index (χ0) is 21.0. The third kappa shape index (κ3) is 5.50. The molecule has 0 bridgehead atoms. The number of carbonyl (C=O) groups excluding carboxylic acids is 1. The molecule has 1 heterocycles. The first-order valence-corrected chi connectivity index (χ1v) is 9.62. The van der Waals surface area contributed by atoms with Gasteiger partial charge < -0.3 is 20.3 Å². The second kappa shape index (κ2) is 8.86. The Morgan fingerprint density at radius 2 is 2.03 bits per heavy atom. The average Bonchev–Trinajstić information content (AvgIpc) is 3.20. The van der Waals surface area contributed by atoms with Gasteiger partial charge in [-0.2, -0.15) is 0 Å². The maximum atomic E-state index is 13.1. The number of hydrogen-bond acceptors (Lipinski definition) is 5. The first-order chi connectivity index (χ1) is 13.8. The smallest absolute Gasteiger partial charge is 0.405 e. The van der Waals surface area contributed by atoms with Gasteiger partial charge in [-0.1, -0.05) is 18.1 Å². The summed E-state index contributed by atoms with van der Waals surface area (Å²) >= 11 is 0. The lowest BCUT2D eigenvalue weighted by molar-refractivity contribution is -0.275. The van der Waals surface area contributed by atoms with Crippen molar-refractivity contribution in [3.8, 4) is 5.75 Å². The van der Waals surface area contributed by atoms with E-state index in [1.54, 1.807) is 0 Å². The van der Waals surface area contributed by atoms with Gasteiger partial charge in [-0.25, -0.2) is 0 Å². The molecule has 0 unspecified atom stereocenters. The van der Waals surface area contributed by atoms with E-state index in [0.29, 0.717) is 36.0 Å². The van der Waals surface area contributed by atoms with E-state index < -0.39 is 12.3 Å². The van der Waals surface area contributed by atoms with Crippen LogP contribution in [0.25, 0.3) is 0 Å². The van der Waals surface area contributed by atoms with Gasteiger partial charge in [-0.05, 0) is 55.2 Å². The Morgan fingerprint density at radius 3 is 2.62 bits per heavy atom. The van der Waals surface area contributed by atoms with Gasteiger partial charge in [0.15, 0.2) is 5.69 Å². The summed E-state index contributed by atoms with van der Waals surface area (Å²) in [4.78, 5) is 12.2. The van der Waals surface area contributed by atoms with Crippen LogP contribution in [0.5, 0.6) is 5.75 Å². The van der Waals surface area contributed by atoms with E-state index in [0.717, 1.165) is 12.8 Å². The van der Waals surface area contributed by atoms with Gasteiger partial charge in [0.05, 0.1) is 0 Å². The summed E-state index contributed by atoms with van der Waals surface area (Å²) in [7, 11) is 0. The van der Waals surface area contributed by atoms with E-state index in [1.165, 1.54) is 18.4 Å². The number of nitrogens with two attached hydrogens (primary N) is 1. The van der Waals surface area contributed by atoms with E-state index in [9.17, 15) is 18.0 Å². The molecule has 1 aliphatic carbocycles. The maximum absolute atomic E-state index is 13.1. The number of rotatable bonds is 6. The summed E-state index contributed by atoms with van der Waals surface area (Å²) in [6, 6.07) is 4.75. The van der Waals surface area contributed by atoms with Gasteiger partial charge in [0.25, 0.3) is 5.91 Å². The zero-order valence-corrected chi connectivity index (χ0v) is 16.1. The molecule has 0 atom stereocenters. The van der Waals surface area contributed by atoms with Crippen molar-refractivity contribution >= 4 is 5.91 Å². The number of benzene rings is 1. The highest BCUT2D eigenvalue weighted by Crippen LogP contribution is 2.41. The minimum absolute atomic E-state index is 0.0588. The average molecular weight is 411 g/mol. The summed E-state index contributed by atoms with van der Waals surface area (Å²) in [5.41, 5.74) is 7.88. The van der Waals surface area contributed by atoms with Crippen LogP contribution in [0.4, 0.5) is 13.2 Å². The Balaban J connectivity index is 1.94. The lowest BCUT2D eigenvalue weighted by atomic mass is 9.79. The fraction of sp³-hybridized carbons (Fsp3) is 0.500. The van der Waals surface area contributed by atoms with E-state index in [2.05, 4.69) is 19.7 Å². The predicted molar refractivity (Wildman–Crippen MR) is 99.4 cm³/mol. The van der Waals surface area contributed by atoms with Gasteiger partial charge in [0.2, 0.25) is 0 Å². The summed E-state index contributed by atoms with van der Waals surface area (Å²) in [5, 5.41) is 6.28. The molecule has 1 aromatic carbocycles. The van der Waals surface area contributed by atoms with Crippen LogP contribution < -0.4 is 15.8 Å². The first kappa shape index (κ1) is 21.2. The Labute approximate surface area is 166 Å². The van der Waals surface area contributed by atoms with Gasteiger partial charge in [0, 0.05) is 24.2 Å². The van der Waals surface area contributed by atoms with Crippen molar-refractivity contribution in [2.24, 2.45) is 5.73 Å². The van der Waals surface area contributed by atoms with Crippen LogP contribution >= 0.6 is 0 Å². The van der Waals surface area contributed by atoms with Crippen molar-refractivity contribution in [3.63, 3.8) is 0 Å². The predicted octanol–water partition coefficient (Wildman–Crippen LogP) is 4.05. The SMILES string of the molecule is CCc1cc(CNC(=O)c2ccon2)c(C2CCC(N)CC2)c(OC(F)(F)F)c1. The summed E-state index contributed by atoms with van der Waals surface area (Å²) in [6.07, 6.45) is -0.177. The van der Waals surface area contributed by atoms with Crippen molar-refractivity contribution in [2.45, 2.75) is 63.9 Å². The number of nitrogens with one attached hydrogen (secondary N) is 1. The molecule has 1 amide bonds. The topological polar surface area (TPSA) is 90.4 Å². The van der Waals surface area contributed by atoms with Crippen molar-refractivity contribution in [3.05, 3.63) is 46.8 Å². The number of alkyl halides is 3. The number of halogens is 3. The monoisotopic (exact) mass is 411 g/mol. The second-order valence-corrected chi connectivity index (χ2v) is 7.25. The van der Waals surface area contributed by atoms with Crippen molar-refractivity contribution in [1.29, 1.82) is 0 Å². The van der Waals surface area contributed by atoms with Crippen LogP contribution in [-0.2, 0) is 13.0 Å². The largest absolute Gasteiger partial charge is 0.573 e. The maximum Gasteiger partial charge on any atom is 0.573 e. The molecular formula is C20H24F3N3O3. The summed E-state index contributed by atoms with van der Waals surface area (Å²) < 4.78 is 48.3. The Morgan fingerprint density at radius 1 is 1.31 bits per heavy atom. The molecule has 0 saturated heterocycles. The molecule has 6 nitrogen and oxygen atoms in total. The third-order valence-corrected chi connectivity index (χ3v) is 5.21. The van der Waals surface area contributed by atoms with Crippen LogP contribution in [0.15, 0.2) is 29.0 Å². The van der Waals surface area contributed by atoms with E-state index >= 15 is 0 Å². The number of carbonyl (C=O) groups is 1. The molecule has 2 aromatic rings.